The Morgan fingerprint density at radius 2 is 1.74 bits per heavy atom. The Kier molecular flexibility index (Phi) is 5.22. The van der Waals surface area contributed by atoms with Crippen molar-refractivity contribution in [3.05, 3.63) is 0 Å². The van der Waals surface area contributed by atoms with Crippen molar-refractivity contribution >= 4 is 5.97 Å². The summed E-state index contributed by atoms with van der Waals surface area (Å²) in [5.74, 6) is 0.699. The second-order valence-corrected chi connectivity index (χ2v) is 6.24. The largest absolute Gasteiger partial charge is 0.462 e. The summed E-state index contributed by atoms with van der Waals surface area (Å²) in [6.45, 7) is 4.84. The molecule has 19 heavy (non-hydrogen) atoms. The smallest absolute Gasteiger partial charge is 0.309 e. The van der Waals surface area contributed by atoms with Crippen molar-refractivity contribution in [2.45, 2.75) is 70.7 Å². The van der Waals surface area contributed by atoms with E-state index < -0.39 is 0 Å². The van der Waals surface area contributed by atoms with Gasteiger partial charge in [0.05, 0.1) is 18.1 Å². The van der Waals surface area contributed by atoms with E-state index in [-0.39, 0.29) is 30.2 Å². The molecule has 0 aromatic heterocycles. The molecule has 110 valence electrons. The lowest BCUT2D eigenvalue weighted by atomic mass is 9.82. The van der Waals surface area contributed by atoms with Crippen molar-refractivity contribution < 1.29 is 14.3 Å². The molecule has 2 aliphatic rings. The van der Waals surface area contributed by atoms with Crippen molar-refractivity contribution in [1.29, 1.82) is 0 Å². The number of nitrogens with two attached hydrogens (primary N) is 1. The molecule has 2 atom stereocenters. The molecule has 0 radical (unpaired) electrons. The van der Waals surface area contributed by atoms with Crippen molar-refractivity contribution in [1.82, 2.24) is 0 Å². The van der Waals surface area contributed by atoms with Crippen molar-refractivity contribution in [3.8, 4) is 0 Å². The molecule has 2 N–H and O–H groups in total. The number of rotatable bonds is 3. The molecule has 1 aliphatic carbocycles. The van der Waals surface area contributed by atoms with Gasteiger partial charge in [0, 0.05) is 12.8 Å². The summed E-state index contributed by atoms with van der Waals surface area (Å²) in [6.07, 6.45) is 6.09. The average Bonchev–Trinajstić information content (AvgIpc) is 2.37. The van der Waals surface area contributed by atoms with Gasteiger partial charge in [0.1, 0.15) is 6.10 Å². The van der Waals surface area contributed by atoms with Crippen LogP contribution in [0, 0.1) is 11.8 Å². The van der Waals surface area contributed by atoms with Gasteiger partial charge in [-0.2, -0.15) is 0 Å². The molecular formula is C15H27NO3. The van der Waals surface area contributed by atoms with Crippen LogP contribution in [0.3, 0.4) is 0 Å². The van der Waals surface area contributed by atoms with E-state index in [9.17, 15) is 4.79 Å². The van der Waals surface area contributed by atoms with Crippen LogP contribution in [0.25, 0.3) is 0 Å². The molecular weight excluding hydrogens is 242 g/mol. The van der Waals surface area contributed by atoms with Gasteiger partial charge in [-0.15, -0.1) is 0 Å². The highest BCUT2D eigenvalue weighted by atomic mass is 16.6. The van der Waals surface area contributed by atoms with Crippen LogP contribution < -0.4 is 5.73 Å². The lowest BCUT2D eigenvalue weighted by Crippen LogP contribution is -2.37. The number of hydrogen-bond donors (Lipinski definition) is 1. The SMILES string of the molecule is CC1CC(OC(=O)C2CCC(CN)CC2)CC(C)O1. The van der Waals surface area contributed by atoms with Gasteiger partial charge in [-0.1, -0.05) is 0 Å². The van der Waals surface area contributed by atoms with Gasteiger partial charge < -0.3 is 15.2 Å². The summed E-state index contributed by atoms with van der Waals surface area (Å²) in [6, 6.07) is 0. The van der Waals surface area contributed by atoms with Crippen molar-refractivity contribution in [2.75, 3.05) is 6.54 Å². The molecule has 2 fully saturated rings. The van der Waals surface area contributed by atoms with Gasteiger partial charge in [-0.3, -0.25) is 4.79 Å². The fourth-order valence-corrected chi connectivity index (χ4v) is 3.33. The molecule has 2 unspecified atom stereocenters. The average molecular weight is 269 g/mol. The maximum atomic E-state index is 12.2. The second kappa shape index (κ2) is 6.71. The van der Waals surface area contributed by atoms with E-state index in [0.717, 1.165) is 45.1 Å². The first-order valence-corrected chi connectivity index (χ1v) is 7.64. The van der Waals surface area contributed by atoms with Crippen LogP contribution in [-0.2, 0) is 14.3 Å². The predicted molar refractivity (Wildman–Crippen MR) is 73.6 cm³/mol. The summed E-state index contributed by atoms with van der Waals surface area (Å²) in [5, 5.41) is 0. The minimum atomic E-state index is 0.00164. The number of carbonyl (C=O) groups is 1. The highest BCUT2D eigenvalue weighted by Gasteiger charge is 2.31. The maximum absolute atomic E-state index is 12.2. The lowest BCUT2D eigenvalue weighted by molar-refractivity contribution is -0.165. The Hall–Kier alpha value is -0.610. The standard InChI is InChI=1S/C15H27NO3/c1-10-7-14(8-11(2)18-10)19-15(17)13-5-3-12(9-16)4-6-13/h10-14H,3-9,16H2,1-2H3. The Morgan fingerprint density at radius 1 is 1.16 bits per heavy atom. The number of hydrogen-bond acceptors (Lipinski definition) is 4. The molecule has 4 heteroatoms. The quantitative estimate of drug-likeness (QED) is 0.798. The molecule has 0 amide bonds. The van der Waals surface area contributed by atoms with Gasteiger partial charge in [0.2, 0.25) is 0 Å². The minimum absolute atomic E-state index is 0.00164. The van der Waals surface area contributed by atoms with E-state index in [1.165, 1.54) is 0 Å². The highest BCUT2D eigenvalue weighted by molar-refractivity contribution is 5.72. The second-order valence-electron chi connectivity index (χ2n) is 6.24. The van der Waals surface area contributed by atoms with E-state index in [4.69, 9.17) is 15.2 Å². The Bertz CT molecular complexity index is 290. The number of ether oxygens (including phenoxy) is 2. The van der Waals surface area contributed by atoms with Gasteiger partial charge in [-0.05, 0) is 52.0 Å². The van der Waals surface area contributed by atoms with E-state index in [1.54, 1.807) is 0 Å². The van der Waals surface area contributed by atoms with Crippen LogP contribution >= 0.6 is 0 Å². The zero-order chi connectivity index (χ0) is 13.8. The van der Waals surface area contributed by atoms with Crippen LogP contribution in [-0.4, -0.2) is 30.8 Å². The molecule has 4 nitrogen and oxygen atoms in total. The monoisotopic (exact) mass is 269 g/mol. The Labute approximate surface area is 116 Å². The fraction of sp³-hybridized carbons (Fsp3) is 0.933. The molecule has 0 bridgehead atoms. The normalized spacial score (nSPS) is 39.8. The van der Waals surface area contributed by atoms with Crippen LogP contribution in [0.4, 0.5) is 0 Å². The van der Waals surface area contributed by atoms with E-state index in [0.29, 0.717) is 5.92 Å². The third-order valence-corrected chi connectivity index (χ3v) is 4.45. The predicted octanol–water partition coefficient (Wildman–Crippen LogP) is 2.25. The zero-order valence-corrected chi connectivity index (χ0v) is 12.1. The van der Waals surface area contributed by atoms with Gasteiger partial charge in [0.15, 0.2) is 0 Å². The van der Waals surface area contributed by atoms with Crippen molar-refractivity contribution in [2.24, 2.45) is 17.6 Å². The fourth-order valence-electron chi connectivity index (χ4n) is 3.33. The molecule has 1 aliphatic heterocycles. The third kappa shape index (κ3) is 4.18. The van der Waals surface area contributed by atoms with Crippen LogP contribution in [0.1, 0.15) is 52.4 Å². The van der Waals surface area contributed by atoms with Gasteiger partial charge in [-0.25, -0.2) is 0 Å². The molecule has 0 aromatic rings. The Morgan fingerprint density at radius 3 is 2.26 bits per heavy atom. The van der Waals surface area contributed by atoms with Crippen LogP contribution in [0.5, 0.6) is 0 Å². The summed E-state index contributed by atoms with van der Waals surface area (Å²) in [5.41, 5.74) is 5.67. The highest BCUT2D eigenvalue weighted by Crippen LogP contribution is 2.30. The van der Waals surface area contributed by atoms with Gasteiger partial charge >= 0.3 is 5.97 Å². The Balaban J connectivity index is 1.78. The first-order valence-electron chi connectivity index (χ1n) is 7.64. The summed E-state index contributed by atoms with van der Waals surface area (Å²) in [4.78, 5) is 12.2. The van der Waals surface area contributed by atoms with E-state index in [1.807, 2.05) is 13.8 Å². The molecule has 1 saturated heterocycles. The summed E-state index contributed by atoms with van der Waals surface area (Å²) >= 11 is 0. The van der Waals surface area contributed by atoms with Crippen LogP contribution in [0.15, 0.2) is 0 Å². The van der Waals surface area contributed by atoms with E-state index in [2.05, 4.69) is 0 Å². The maximum Gasteiger partial charge on any atom is 0.309 e. The van der Waals surface area contributed by atoms with E-state index >= 15 is 0 Å². The first kappa shape index (κ1) is 14.8. The third-order valence-electron chi connectivity index (χ3n) is 4.45. The van der Waals surface area contributed by atoms with Gasteiger partial charge in [0.25, 0.3) is 0 Å². The summed E-state index contributed by atoms with van der Waals surface area (Å²) in [7, 11) is 0. The zero-order valence-electron chi connectivity index (χ0n) is 12.1. The molecule has 2 rings (SSSR count). The topological polar surface area (TPSA) is 61.5 Å². The molecule has 0 spiro atoms. The minimum Gasteiger partial charge on any atom is -0.462 e. The molecule has 1 saturated carbocycles. The summed E-state index contributed by atoms with van der Waals surface area (Å²) < 4.78 is 11.4. The number of esters is 1. The van der Waals surface area contributed by atoms with Crippen molar-refractivity contribution in [3.63, 3.8) is 0 Å². The lowest BCUT2D eigenvalue weighted by Gasteiger charge is -2.33. The molecule has 0 aromatic carbocycles. The number of carbonyl (C=O) groups excluding carboxylic acids is 1. The molecule has 1 heterocycles. The first-order chi connectivity index (χ1) is 9.08. The van der Waals surface area contributed by atoms with Crippen LogP contribution in [0.2, 0.25) is 0 Å².